The lowest BCUT2D eigenvalue weighted by molar-refractivity contribution is -0.124. The molecule has 0 saturated heterocycles. The fraction of sp³-hybridized carbons (Fsp3) is 0.357. The summed E-state index contributed by atoms with van der Waals surface area (Å²) in [7, 11) is 0. The van der Waals surface area contributed by atoms with E-state index in [2.05, 4.69) is 17.1 Å². The van der Waals surface area contributed by atoms with Gasteiger partial charge in [0.05, 0.1) is 16.9 Å². The predicted octanol–water partition coefficient (Wildman–Crippen LogP) is 6.11. The molecule has 0 unspecified atom stereocenters. The molecule has 1 N–H and O–H groups in total. The zero-order valence-electron chi connectivity index (χ0n) is 21.1. The van der Waals surface area contributed by atoms with E-state index >= 15 is 0 Å². The van der Waals surface area contributed by atoms with Crippen LogP contribution >= 0.6 is 11.6 Å². The third-order valence-electron chi connectivity index (χ3n) is 7.14. The molecule has 5 rings (SSSR count). The topological polar surface area (TPSA) is 92.7 Å². The molecule has 0 bridgehead atoms. The maximum atomic E-state index is 13.5. The average molecular weight is 520 g/mol. The molecule has 37 heavy (non-hydrogen) atoms. The van der Waals surface area contributed by atoms with Crippen molar-refractivity contribution in [3.8, 4) is 16.9 Å². The van der Waals surface area contributed by atoms with Crippen LogP contribution in [-0.2, 0) is 4.79 Å². The van der Waals surface area contributed by atoms with E-state index in [1.54, 1.807) is 15.5 Å². The molecule has 192 valence electrons. The van der Waals surface area contributed by atoms with Crippen LogP contribution in [0.5, 0.6) is 0 Å². The highest BCUT2D eigenvalue weighted by Gasteiger charge is 2.34. The molecule has 9 heteroatoms. The summed E-state index contributed by atoms with van der Waals surface area (Å²) in [6, 6.07) is 14.8. The summed E-state index contributed by atoms with van der Waals surface area (Å²) >= 11 is 6.24. The molecular formula is C28H30ClN5O3. The number of aromatic nitrogens is 4. The first-order valence-electron chi connectivity index (χ1n) is 12.6. The summed E-state index contributed by atoms with van der Waals surface area (Å²) in [5.41, 5.74) is 3.23. The van der Waals surface area contributed by atoms with Gasteiger partial charge < -0.3 is 5.11 Å². The standard InChI is InChI=1S/C28H30ClN5O3/c1-17(2)33(27(35)20-9-7-18(3)8-10-20)26-23(28(36)37)16-32(31-26)21-13-11-19(12-14-21)24-15-22-5-4-6-25(29)34(22)30-24/h4-6,11-18,20H,7-10H2,1-3H3,(H,36,37)/t18-,20-. The summed E-state index contributed by atoms with van der Waals surface area (Å²) in [4.78, 5) is 27.3. The number of fused-ring (bicyclic) bond motifs is 1. The molecule has 1 fully saturated rings. The van der Waals surface area contributed by atoms with Gasteiger partial charge in [-0.25, -0.2) is 14.0 Å². The molecule has 1 aromatic carbocycles. The maximum Gasteiger partial charge on any atom is 0.341 e. The third kappa shape index (κ3) is 4.85. The molecule has 8 nitrogen and oxygen atoms in total. The second-order valence-corrected chi connectivity index (χ2v) is 10.5. The Bertz CT molecular complexity index is 1450. The summed E-state index contributed by atoms with van der Waals surface area (Å²) in [6.07, 6.45) is 5.13. The van der Waals surface area contributed by atoms with E-state index in [0.29, 0.717) is 16.8 Å². The summed E-state index contributed by atoms with van der Waals surface area (Å²) in [5, 5.41) is 19.7. The van der Waals surface area contributed by atoms with Crippen molar-refractivity contribution in [3.63, 3.8) is 0 Å². The molecule has 0 radical (unpaired) electrons. The van der Waals surface area contributed by atoms with E-state index in [4.69, 9.17) is 11.6 Å². The second kappa shape index (κ2) is 10.0. The SMILES string of the molecule is CC(C)N(c1nn(-c2ccc(-c3cc4cccc(Cl)n4n3)cc2)cc1C(=O)O)C(=O)[C@H]1CC[C@H](C)CC1. The number of carbonyl (C=O) groups is 2. The lowest BCUT2D eigenvalue weighted by Crippen LogP contribution is -2.43. The number of anilines is 1. The average Bonchev–Trinajstić information content (AvgIpc) is 3.50. The van der Waals surface area contributed by atoms with Gasteiger partial charge in [-0.05, 0) is 75.8 Å². The second-order valence-electron chi connectivity index (χ2n) is 10.1. The van der Waals surface area contributed by atoms with E-state index in [9.17, 15) is 14.7 Å². The van der Waals surface area contributed by atoms with Crippen molar-refractivity contribution in [2.45, 2.75) is 52.5 Å². The number of hydrogen-bond donors (Lipinski definition) is 1. The largest absolute Gasteiger partial charge is 0.477 e. The predicted molar refractivity (Wildman–Crippen MR) is 143 cm³/mol. The number of rotatable bonds is 6. The molecule has 0 aliphatic heterocycles. The van der Waals surface area contributed by atoms with Crippen molar-refractivity contribution < 1.29 is 14.7 Å². The van der Waals surface area contributed by atoms with Gasteiger partial charge in [-0.2, -0.15) is 5.10 Å². The summed E-state index contributed by atoms with van der Waals surface area (Å²) < 4.78 is 3.20. The van der Waals surface area contributed by atoms with Crippen molar-refractivity contribution in [1.29, 1.82) is 0 Å². The summed E-state index contributed by atoms with van der Waals surface area (Å²) in [6.45, 7) is 5.99. The van der Waals surface area contributed by atoms with Gasteiger partial charge in [0, 0.05) is 23.7 Å². The molecule has 1 aliphatic rings. The van der Waals surface area contributed by atoms with Crippen LogP contribution in [0.15, 0.2) is 54.7 Å². The van der Waals surface area contributed by atoms with Gasteiger partial charge in [0.2, 0.25) is 5.91 Å². The minimum atomic E-state index is -1.12. The maximum absolute atomic E-state index is 13.5. The number of nitrogens with zero attached hydrogens (tertiary/aromatic N) is 5. The number of pyridine rings is 1. The van der Waals surface area contributed by atoms with E-state index in [-0.39, 0.29) is 29.2 Å². The fourth-order valence-corrected chi connectivity index (χ4v) is 5.25. The van der Waals surface area contributed by atoms with Gasteiger partial charge in [0.25, 0.3) is 0 Å². The number of benzene rings is 1. The molecule has 1 saturated carbocycles. The number of carboxylic acids is 1. The van der Waals surface area contributed by atoms with Crippen molar-refractivity contribution in [3.05, 3.63) is 65.4 Å². The minimum absolute atomic E-state index is 0.00490. The van der Waals surface area contributed by atoms with Gasteiger partial charge in [0.15, 0.2) is 5.82 Å². The molecule has 3 heterocycles. The Morgan fingerprint density at radius 3 is 2.38 bits per heavy atom. The van der Waals surface area contributed by atoms with Crippen LogP contribution in [0.25, 0.3) is 22.5 Å². The smallest absolute Gasteiger partial charge is 0.341 e. The highest BCUT2D eigenvalue weighted by molar-refractivity contribution is 6.29. The van der Waals surface area contributed by atoms with Gasteiger partial charge in [-0.3, -0.25) is 9.69 Å². The van der Waals surface area contributed by atoms with Crippen LogP contribution in [0.3, 0.4) is 0 Å². The van der Waals surface area contributed by atoms with Crippen molar-refractivity contribution >= 4 is 34.8 Å². The number of carbonyl (C=O) groups excluding carboxylic acids is 1. The highest BCUT2D eigenvalue weighted by Crippen LogP contribution is 2.33. The fourth-order valence-electron chi connectivity index (χ4n) is 5.04. The third-order valence-corrected chi connectivity index (χ3v) is 7.43. The molecule has 0 spiro atoms. The minimum Gasteiger partial charge on any atom is -0.477 e. The van der Waals surface area contributed by atoms with Gasteiger partial charge in [-0.15, -0.1) is 5.10 Å². The van der Waals surface area contributed by atoms with Crippen LogP contribution < -0.4 is 4.90 Å². The lowest BCUT2D eigenvalue weighted by Gasteiger charge is -2.32. The van der Waals surface area contributed by atoms with Crippen LogP contribution in [0.4, 0.5) is 5.82 Å². The van der Waals surface area contributed by atoms with E-state index in [1.165, 1.54) is 10.9 Å². The monoisotopic (exact) mass is 519 g/mol. The van der Waals surface area contributed by atoms with Gasteiger partial charge in [-0.1, -0.05) is 36.7 Å². The number of hydrogen-bond acceptors (Lipinski definition) is 4. The van der Waals surface area contributed by atoms with E-state index < -0.39 is 5.97 Å². The molecule has 0 atom stereocenters. The van der Waals surface area contributed by atoms with Crippen molar-refractivity contribution in [2.24, 2.45) is 11.8 Å². The Morgan fingerprint density at radius 1 is 1.05 bits per heavy atom. The Kier molecular flexibility index (Phi) is 6.77. The highest BCUT2D eigenvalue weighted by atomic mass is 35.5. The number of amides is 1. The van der Waals surface area contributed by atoms with E-state index in [1.807, 2.05) is 56.3 Å². The van der Waals surface area contributed by atoms with E-state index in [0.717, 1.165) is 42.5 Å². The first-order chi connectivity index (χ1) is 17.7. The molecule has 1 aliphatic carbocycles. The van der Waals surface area contributed by atoms with Crippen LogP contribution in [-0.4, -0.2) is 42.4 Å². The first kappa shape index (κ1) is 25.0. The Morgan fingerprint density at radius 2 is 1.76 bits per heavy atom. The lowest BCUT2D eigenvalue weighted by atomic mass is 9.82. The Balaban J connectivity index is 1.46. The zero-order chi connectivity index (χ0) is 26.3. The Labute approximate surface area is 220 Å². The van der Waals surface area contributed by atoms with Crippen LogP contribution in [0.1, 0.15) is 56.8 Å². The molecule has 3 aromatic heterocycles. The number of aromatic carboxylic acids is 1. The summed E-state index contributed by atoms with van der Waals surface area (Å²) in [5.74, 6) is -0.467. The normalized spacial score (nSPS) is 17.9. The van der Waals surface area contributed by atoms with Gasteiger partial charge >= 0.3 is 5.97 Å². The van der Waals surface area contributed by atoms with Gasteiger partial charge in [0.1, 0.15) is 10.7 Å². The molecular weight excluding hydrogens is 490 g/mol. The molecule has 4 aromatic rings. The quantitative estimate of drug-likeness (QED) is 0.310. The van der Waals surface area contributed by atoms with Crippen molar-refractivity contribution in [2.75, 3.05) is 4.90 Å². The van der Waals surface area contributed by atoms with Crippen LogP contribution in [0.2, 0.25) is 5.15 Å². The van der Waals surface area contributed by atoms with Crippen LogP contribution in [0, 0.1) is 11.8 Å². The zero-order valence-corrected chi connectivity index (χ0v) is 21.9. The Hall–Kier alpha value is -3.65. The first-order valence-corrected chi connectivity index (χ1v) is 13.0. The molecule has 1 amide bonds. The number of carboxylic acid groups (broad SMARTS) is 1. The van der Waals surface area contributed by atoms with Crippen molar-refractivity contribution in [1.82, 2.24) is 19.4 Å². The number of halogens is 1.